The highest BCUT2D eigenvalue weighted by Crippen LogP contribution is 2.25. The Labute approximate surface area is 114 Å². The zero-order chi connectivity index (χ0) is 13.0. The lowest BCUT2D eigenvalue weighted by Gasteiger charge is -2.28. The third kappa shape index (κ3) is 3.42. The van der Waals surface area contributed by atoms with Gasteiger partial charge < -0.3 is 10.1 Å². The first-order valence-electron chi connectivity index (χ1n) is 6.63. The summed E-state index contributed by atoms with van der Waals surface area (Å²) in [4.78, 5) is 0. The van der Waals surface area contributed by atoms with Gasteiger partial charge in [-0.05, 0) is 55.7 Å². The normalized spacial score (nSPS) is 20.3. The van der Waals surface area contributed by atoms with E-state index in [1.54, 1.807) is 7.11 Å². The Bertz CT molecular complexity index is 394. The Morgan fingerprint density at radius 2 is 2.28 bits per heavy atom. The molecule has 3 heteroatoms. The van der Waals surface area contributed by atoms with Gasteiger partial charge in [-0.15, -0.1) is 0 Å². The van der Waals surface area contributed by atoms with Crippen molar-refractivity contribution >= 4 is 11.8 Å². The number of hydrogen-bond donors (Lipinski definition) is 1. The molecule has 0 radical (unpaired) electrons. The van der Waals surface area contributed by atoms with Gasteiger partial charge >= 0.3 is 0 Å². The molecule has 1 aromatic rings. The van der Waals surface area contributed by atoms with Gasteiger partial charge in [0.1, 0.15) is 5.75 Å². The molecule has 0 amide bonds. The Kier molecular flexibility index (Phi) is 4.95. The molecule has 1 aliphatic rings. The summed E-state index contributed by atoms with van der Waals surface area (Å²) >= 11 is 1.91. The first-order valence-corrected chi connectivity index (χ1v) is 8.03. The van der Waals surface area contributed by atoms with Gasteiger partial charge in [-0.3, -0.25) is 0 Å². The van der Waals surface area contributed by atoms with Crippen molar-refractivity contribution in [3.63, 3.8) is 0 Å². The highest BCUT2D eigenvalue weighted by Gasteiger charge is 2.20. The topological polar surface area (TPSA) is 21.3 Å². The quantitative estimate of drug-likeness (QED) is 0.884. The van der Waals surface area contributed by atoms with Crippen LogP contribution in [0.15, 0.2) is 18.2 Å². The maximum Gasteiger partial charge on any atom is 0.119 e. The fourth-order valence-corrected chi connectivity index (χ4v) is 3.30. The van der Waals surface area contributed by atoms with Gasteiger partial charge in [0.25, 0.3) is 0 Å². The number of thioether (sulfide) groups is 1. The zero-order valence-corrected chi connectivity index (χ0v) is 12.3. The van der Waals surface area contributed by atoms with Crippen LogP contribution >= 0.6 is 11.8 Å². The third-order valence-electron chi connectivity index (χ3n) is 3.58. The molecule has 100 valence electrons. The molecule has 2 nitrogen and oxygen atoms in total. The van der Waals surface area contributed by atoms with Gasteiger partial charge in [0.05, 0.1) is 7.11 Å². The molecule has 0 fully saturated rings. The van der Waals surface area contributed by atoms with Crippen molar-refractivity contribution in [1.82, 2.24) is 5.32 Å². The number of methoxy groups -OCH3 is 1. The molecule has 0 saturated heterocycles. The predicted molar refractivity (Wildman–Crippen MR) is 79.8 cm³/mol. The number of rotatable bonds is 5. The summed E-state index contributed by atoms with van der Waals surface area (Å²) in [5.74, 6) is 2.16. The molecule has 2 rings (SSSR count). The molecule has 0 aliphatic heterocycles. The van der Waals surface area contributed by atoms with E-state index >= 15 is 0 Å². The van der Waals surface area contributed by atoms with Crippen molar-refractivity contribution in [2.75, 3.05) is 19.1 Å². The second-order valence-corrected chi connectivity index (χ2v) is 6.01. The molecule has 0 bridgehead atoms. The van der Waals surface area contributed by atoms with E-state index in [2.05, 4.69) is 36.7 Å². The van der Waals surface area contributed by atoms with E-state index in [0.717, 1.165) is 12.2 Å². The van der Waals surface area contributed by atoms with Crippen LogP contribution in [0.5, 0.6) is 5.75 Å². The van der Waals surface area contributed by atoms with E-state index in [1.807, 2.05) is 11.8 Å². The number of nitrogens with one attached hydrogen (secondary N) is 1. The van der Waals surface area contributed by atoms with Crippen LogP contribution in [0.2, 0.25) is 0 Å². The lowest BCUT2D eigenvalue weighted by atomic mass is 9.88. The average molecular weight is 265 g/mol. The molecule has 1 aliphatic carbocycles. The number of aryl methyl sites for hydroxylation is 1. The Hall–Kier alpha value is -0.670. The minimum Gasteiger partial charge on any atom is -0.497 e. The predicted octanol–water partition coefficient (Wildman–Crippen LogP) is 2.89. The SMILES string of the molecule is COc1ccc2c(c1)CC(NC(C)CSC)CC2. The second kappa shape index (κ2) is 6.48. The van der Waals surface area contributed by atoms with Crippen molar-refractivity contribution in [3.05, 3.63) is 29.3 Å². The van der Waals surface area contributed by atoms with Crippen molar-refractivity contribution < 1.29 is 4.74 Å². The Balaban J connectivity index is 2.00. The molecule has 18 heavy (non-hydrogen) atoms. The molecule has 2 atom stereocenters. The summed E-state index contributed by atoms with van der Waals surface area (Å²) in [5.41, 5.74) is 2.95. The molecular formula is C15H23NOS. The minimum atomic E-state index is 0.595. The third-order valence-corrected chi connectivity index (χ3v) is 4.41. The largest absolute Gasteiger partial charge is 0.497 e. The van der Waals surface area contributed by atoms with Gasteiger partial charge in [0.15, 0.2) is 0 Å². The number of benzene rings is 1. The number of ether oxygens (including phenoxy) is 1. The van der Waals surface area contributed by atoms with Crippen molar-refractivity contribution in [1.29, 1.82) is 0 Å². The van der Waals surface area contributed by atoms with Crippen LogP contribution in [-0.4, -0.2) is 31.2 Å². The summed E-state index contributed by atoms with van der Waals surface area (Å²) in [7, 11) is 1.74. The Morgan fingerprint density at radius 3 is 3.00 bits per heavy atom. The molecule has 0 aromatic heterocycles. The van der Waals surface area contributed by atoms with Crippen LogP contribution in [0.4, 0.5) is 0 Å². The maximum atomic E-state index is 5.31. The molecule has 0 heterocycles. The summed E-state index contributed by atoms with van der Waals surface area (Å²) in [5, 5.41) is 3.74. The number of hydrogen-bond acceptors (Lipinski definition) is 3. The van der Waals surface area contributed by atoms with E-state index in [0.29, 0.717) is 12.1 Å². The van der Waals surface area contributed by atoms with Crippen LogP contribution in [0, 0.1) is 0 Å². The Morgan fingerprint density at radius 1 is 1.44 bits per heavy atom. The zero-order valence-electron chi connectivity index (χ0n) is 11.5. The first kappa shape index (κ1) is 13.8. The number of fused-ring (bicyclic) bond motifs is 1. The fourth-order valence-electron chi connectivity index (χ4n) is 2.70. The van der Waals surface area contributed by atoms with Gasteiger partial charge in [-0.2, -0.15) is 11.8 Å². The lowest BCUT2D eigenvalue weighted by Crippen LogP contribution is -2.41. The summed E-state index contributed by atoms with van der Waals surface area (Å²) < 4.78 is 5.31. The van der Waals surface area contributed by atoms with Crippen LogP contribution < -0.4 is 10.1 Å². The van der Waals surface area contributed by atoms with Gasteiger partial charge in [-0.25, -0.2) is 0 Å². The molecular weight excluding hydrogens is 242 g/mol. The van der Waals surface area contributed by atoms with Crippen molar-refractivity contribution in [2.45, 2.75) is 38.3 Å². The summed E-state index contributed by atoms with van der Waals surface area (Å²) in [6, 6.07) is 7.70. The van der Waals surface area contributed by atoms with Gasteiger partial charge in [0, 0.05) is 17.8 Å². The highest BCUT2D eigenvalue weighted by molar-refractivity contribution is 7.98. The van der Waals surface area contributed by atoms with Crippen LogP contribution in [0.25, 0.3) is 0 Å². The highest BCUT2D eigenvalue weighted by atomic mass is 32.2. The smallest absolute Gasteiger partial charge is 0.119 e. The summed E-state index contributed by atoms with van der Waals surface area (Å²) in [6.07, 6.45) is 5.73. The van der Waals surface area contributed by atoms with Gasteiger partial charge in [-0.1, -0.05) is 6.07 Å². The standard InChI is InChI=1S/C15H23NOS/c1-11(10-18-3)16-14-6-4-12-5-7-15(17-2)9-13(12)8-14/h5,7,9,11,14,16H,4,6,8,10H2,1-3H3. The van der Waals surface area contributed by atoms with Crippen LogP contribution in [0.3, 0.4) is 0 Å². The second-order valence-electron chi connectivity index (χ2n) is 5.10. The van der Waals surface area contributed by atoms with Crippen LogP contribution in [-0.2, 0) is 12.8 Å². The first-order chi connectivity index (χ1) is 8.72. The molecule has 0 saturated carbocycles. The van der Waals surface area contributed by atoms with E-state index < -0.39 is 0 Å². The monoisotopic (exact) mass is 265 g/mol. The van der Waals surface area contributed by atoms with E-state index in [4.69, 9.17) is 4.74 Å². The fraction of sp³-hybridized carbons (Fsp3) is 0.600. The lowest BCUT2D eigenvalue weighted by molar-refractivity contribution is 0.406. The van der Waals surface area contributed by atoms with Gasteiger partial charge in [0.2, 0.25) is 0 Å². The van der Waals surface area contributed by atoms with Crippen molar-refractivity contribution in [3.8, 4) is 5.75 Å². The maximum absolute atomic E-state index is 5.31. The van der Waals surface area contributed by atoms with Crippen LogP contribution in [0.1, 0.15) is 24.5 Å². The average Bonchev–Trinajstić information content (AvgIpc) is 2.38. The molecule has 0 spiro atoms. The van der Waals surface area contributed by atoms with E-state index in [9.17, 15) is 0 Å². The molecule has 2 unspecified atom stereocenters. The van der Waals surface area contributed by atoms with Crippen molar-refractivity contribution in [2.24, 2.45) is 0 Å². The molecule has 1 aromatic carbocycles. The van der Waals surface area contributed by atoms with E-state index in [-0.39, 0.29) is 0 Å². The van der Waals surface area contributed by atoms with E-state index in [1.165, 1.54) is 29.7 Å². The molecule has 1 N–H and O–H groups in total. The summed E-state index contributed by atoms with van der Waals surface area (Å²) in [6.45, 7) is 2.28. The minimum absolute atomic E-state index is 0.595.